The number of ether oxygens (including phenoxy) is 1. The lowest BCUT2D eigenvalue weighted by atomic mass is 9.96. The number of rotatable bonds is 5. The molecule has 0 amide bonds. The highest BCUT2D eigenvalue weighted by molar-refractivity contribution is 6.31. The van der Waals surface area contributed by atoms with Crippen molar-refractivity contribution in [2.45, 2.75) is 19.4 Å². The number of piperidine rings is 1. The Bertz CT molecular complexity index is 407. The Labute approximate surface area is 133 Å². The van der Waals surface area contributed by atoms with Gasteiger partial charge in [0, 0.05) is 11.6 Å². The first-order valence-corrected chi connectivity index (χ1v) is 7.30. The number of hydrogen-bond acceptors (Lipinski definition) is 3. The monoisotopic (exact) mass is 318 g/mol. The second-order valence-corrected chi connectivity index (χ2v) is 5.64. The molecule has 20 heavy (non-hydrogen) atoms. The normalized spacial score (nSPS) is 16.8. The van der Waals surface area contributed by atoms with Crippen molar-refractivity contribution in [3.05, 3.63) is 28.8 Å². The van der Waals surface area contributed by atoms with E-state index in [9.17, 15) is 0 Å². The van der Waals surface area contributed by atoms with Gasteiger partial charge in [-0.2, -0.15) is 0 Å². The average Bonchev–Trinajstić information content (AvgIpc) is 2.44. The quantitative estimate of drug-likeness (QED) is 0.902. The van der Waals surface area contributed by atoms with Crippen molar-refractivity contribution in [3.8, 4) is 5.75 Å². The van der Waals surface area contributed by atoms with E-state index in [4.69, 9.17) is 16.3 Å². The van der Waals surface area contributed by atoms with Gasteiger partial charge in [0.25, 0.3) is 0 Å². The molecule has 0 aliphatic carbocycles. The zero-order valence-corrected chi connectivity index (χ0v) is 13.8. The topological polar surface area (TPSA) is 24.5 Å². The van der Waals surface area contributed by atoms with Crippen molar-refractivity contribution >= 4 is 24.0 Å². The van der Waals surface area contributed by atoms with Gasteiger partial charge in [0.05, 0.1) is 7.11 Å². The molecule has 5 heteroatoms. The van der Waals surface area contributed by atoms with Gasteiger partial charge < -0.3 is 10.1 Å². The Morgan fingerprint density at radius 3 is 2.65 bits per heavy atom. The third-order valence-corrected chi connectivity index (χ3v) is 4.22. The van der Waals surface area contributed by atoms with Gasteiger partial charge in [-0.3, -0.25) is 4.90 Å². The van der Waals surface area contributed by atoms with Crippen molar-refractivity contribution < 1.29 is 4.74 Å². The van der Waals surface area contributed by atoms with E-state index in [0.29, 0.717) is 0 Å². The first kappa shape index (κ1) is 17.6. The smallest absolute Gasteiger partial charge is 0.119 e. The molecule has 1 N–H and O–H groups in total. The highest BCUT2D eigenvalue weighted by Gasteiger charge is 2.19. The van der Waals surface area contributed by atoms with E-state index in [1.54, 1.807) is 7.11 Å². The summed E-state index contributed by atoms with van der Waals surface area (Å²) in [7, 11) is 3.72. The van der Waals surface area contributed by atoms with Crippen LogP contribution in [-0.2, 0) is 6.54 Å². The van der Waals surface area contributed by atoms with Crippen molar-refractivity contribution in [1.82, 2.24) is 10.2 Å². The number of nitrogens with one attached hydrogen (secondary N) is 1. The summed E-state index contributed by atoms with van der Waals surface area (Å²) in [4.78, 5) is 2.48. The average molecular weight is 319 g/mol. The maximum absolute atomic E-state index is 6.26. The third kappa shape index (κ3) is 4.81. The van der Waals surface area contributed by atoms with Gasteiger partial charge >= 0.3 is 0 Å². The van der Waals surface area contributed by atoms with Gasteiger partial charge in [0.15, 0.2) is 0 Å². The van der Waals surface area contributed by atoms with E-state index in [0.717, 1.165) is 48.4 Å². The maximum atomic E-state index is 6.26. The van der Waals surface area contributed by atoms with Crippen LogP contribution in [0.25, 0.3) is 0 Å². The molecule has 0 spiro atoms. The molecule has 1 saturated heterocycles. The molecule has 0 atom stereocenters. The lowest BCUT2D eigenvalue weighted by Crippen LogP contribution is -2.36. The molecule has 114 valence electrons. The Morgan fingerprint density at radius 1 is 1.35 bits per heavy atom. The minimum atomic E-state index is 0. The standard InChI is InChI=1S/C15H23ClN2O.ClH/c1-17-10-12-5-7-18(8-6-12)11-13-9-14(19-2)3-4-15(13)16;/h3-4,9,12,17H,5-8,10-11H2,1-2H3;1H. The maximum Gasteiger partial charge on any atom is 0.119 e. The Morgan fingerprint density at radius 2 is 2.05 bits per heavy atom. The molecular formula is C15H24Cl2N2O. The highest BCUT2D eigenvalue weighted by Crippen LogP contribution is 2.25. The van der Waals surface area contributed by atoms with Crippen molar-refractivity contribution in [2.75, 3.05) is 33.8 Å². The molecule has 2 rings (SSSR count). The lowest BCUT2D eigenvalue weighted by Gasteiger charge is -2.32. The second-order valence-electron chi connectivity index (χ2n) is 5.23. The van der Waals surface area contributed by atoms with Crippen LogP contribution in [0.2, 0.25) is 5.02 Å². The zero-order valence-electron chi connectivity index (χ0n) is 12.2. The van der Waals surface area contributed by atoms with Crippen LogP contribution >= 0.6 is 24.0 Å². The molecular weight excluding hydrogens is 295 g/mol. The largest absolute Gasteiger partial charge is 0.497 e. The molecule has 3 nitrogen and oxygen atoms in total. The molecule has 0 saturated carbocycles. The van der Waals surface area contributed by atoms with Crippen LogP contribution in [0.3, 0.4) is 0 Å². The van der Waals surface area contributed by atoms with Crippen LogP contribution in [0.1, 0.15) is 18.4 Å². The Hall–Kier alpha value is -0.480. The molecule has 0 aromatic heterocycles. The van der Waals surface area contributed by atoms with Gasteiger partial charge in [-0.1, -0.05) is 11.6 Å². The fraction of sp³-hybridized carbons (Fsp3) is 0.600. The molecule has 0 unspecified atom stereocenters. The molecule has 1 heterocycles. The zero-order chi connectivity index (χ0) is 13.7. The van der Waals surface area contributed by atoms with E-state index < -0.39 is 0 Å². The van der Waals surface area contributed by atoms with Crippen LogP contribution in [0.15, 0.2) is 18.2 Å². The summed E-state index contributed by atoms with van der Waals surface area (Å²) >= 11 is 6.26. The summed E-state index contributed by atoms with van der Waals surface area (Å²) in [6, 6.07) is 5.87. The number of methoxy groups -OCH3 is 1. The second kappa shape index (κ2) is 8.73. The van der Waals surface area contributed by atoms with Crippen LogP contribution in [0.4, 0.5) is 0 Å². The minimum absolute atomic E-state index is 0. The first-order valence-electron chi connectivity index (χ1n) is 6.92. The summed E-state index contributed by atoms with van der Waals surface area (Å²) in [6.45, 7) is 4.36. The van der Waals surface area contributed by atoms with Gasteiger partial charge in [0.2, 0.25) is 0 Å². The summed E-state index contributed by atoms with van der Waals surface area (Å²) in [6.07, 6.45) is 2.53. The summed E-state index contributed by atoms with van der Waals surface area (Å²) in [5.74, 6) is 1.70. The molecule has 1 fully saturated rings. The Balaban J connectivity index is 0.00000200. The van der Waals surface area contributed by atoms with E-state index in [1.165, 1.54) is 12.8 Å². The molecule has 1 aliphatic heterocycles. The number of halogens is 2. The predicted molar refractivity (Wildman–Crippen MR) is 87.2 cm³/mol. The SMILES string of the molecule is CNCC1CCN(Cc2cc(OC)ccc2Cl)CC1.Cl. The van der Waals surface area contributed by atoms with Crippen LogP contribution in [0, 0.1) is 5.92 Å². The third-order valence-electron chi connectivity index (χ3n) is 3.85. The fourth-order valence-corrected chi connectivity index (χ4v) is 2.85. The van der Waals surface area contributed by atoms with Crippen LogP contribution < -0.4 is 10.1 Å². The van der Waals surface area contributed by atoms with E-state index in [2.05, 4.69) is 10.2 Å². The van der Waals surface area contributed by atoms with Crippen LogP contribution in [-0.4, -0.2) is 38.7 Å². The molecule has 1 aromatic rings. The summed E-state index contributed by atoms with van der Waals surface area (Å²) in [5, 5.41) is 4.10. The molecule has 1 aromatic carbocycles. The fourth-order valence-electron chi connectivity index (χ4n) is 2.68. The number of likely N-dealkylation sites (tertiary alicyclic amines) is 1. The minimum Gasteiger partial charge on any atom is -0.497 e. The van der Waals surface area contributed by atoms with Crippen molar-refractivity contribution in [2.24, 2.45) is 5.92 Å². The van der Waals surface area contributed by atoms with E-state index >= 15 is 0 Å². The lowest BCUT2D eigenvalue weighted by molar-refractivity contribution is 0.176. The predicted octanol–water partition coefficient (Wildman–Crippen LogP) is 3.20. The van der Waals surface area contributed by atoms with E-state index in [-0.39, 0.29) is 12.4 Å². The molecule has 0 bridgehead atoms. The van der Waals surface area contributed by atoms with E-state index in [1.807, 2.05) is 25.2 Å². The Kier molecular flexibility index (Phi) is 7.67. The van der Waals surface area contributed by atoms with Gasteiger partial charge in [-0.15, -0.1) is 12.4 Å². The number of benzene rings is 1. The summed E-state index contributed by atoms with van der Waals surface area (Å²) in [5.41, 5.74) is 1.16. The summed E-state index contributed by atoms with van der Waals surface area (Å²) < 4.78 is 5.26. The number of nitrogens with zero attached hydrogens (tertiary/aromatic N) is 1. The van der Waals surface area contributed by atoms with Gasteiger partial charge in [-0.05, 0) is 69.2 Å². The van der Waals surface area contributed by atoms with Gasteiger partial charge in [-0.25, -0.2) is 0 Å². The first-order chi connectivity index (χ1) is 9.22. The molecule has 1 aliphatic rings. The molecule has 0 radical (unpaired) electrons. The van der Waals surface area contributed by atoms with Crippen LogP contribution in [0.5, 0.6) is 5.75 Å². The number of hydrogen-bond donors (Lipinski definition) is 1. The highest BCUT2D eigenvalue weighted by atomic mass is 35.5. The van der Waals surface area contributed by atoms with Crippen molar-refractivity contribution in [1.29, 1.82) is 0 Å². The van der Waals surface area contributed by atoms with Gasteiger partial charge in [0.1, 0.15) is 5.75 Å². The van der Waals surface area contributed by atoms with Crippen molar-refractivity contribution in [3.63, 3.8) is 0 Å².